The molecular formula is C13H17BrClNO2. The molecule has 0 saturated carbocycles. The van der Waals surface area contributed by atoms with Crippen LogP contribution in [0.2, 0.25) is 5.02 Å². The van der Waals surface area contributed by atoms with E-state index in [1.54, 1.807) is 23.1 Å². The van der Waals surface area contributed by atoms with Crippen molar-refractivity contribution in [1.29, 1.82) is 0 Å². The summed E-state index contributed by atoms with van der Waals surface area (Å²) < 4.78 is 6.07. The number of amides is 1. The molecule has 0 heterocycles. The lowest BCUT2D eigenvalue weighted by Gasteiger charge is -2.21. The third-order valence-corrected chi connectivity index (χ3v) is 3.16. The SMILES string of the molecule is CCOCCN(CC)C(=O)c1cc(Cl)cc(Br)c1. The molecule has 1 aromatic carbocycles. The van der Waals surface area contributed by atoms with Crippen LogP contribution in [-0.4, -0.2) is 37.1 Å². The zero-order chi connectivity index (χ0) is 13.5. The second-order valence-corrected chi connectivity index (χ2v) is 5.09. The molecule has 0 radical (unpaired) electrons. The fourth-order valence-electron chi connectivity index (χ4n) is 1.58. The minimum atomic E-state index is -0.0274. The Kier molecular flexibility index (Phi) is 6.68. The van der Waals surface area contributed by atoms with Gasteiger partial charge >= 0.3 is 0 Å². The Morgan fingerprint density at radius 1 is 1.39 bits per heavy atom. The molecule has 0 N–H and O–H groups in total. The smallest absolute Gasteiger partial charge is 0.254 e. The average Bonchev–Trinajstić information content (AvgIpc) is 2.33. The van der Waals surface area contributed by atoms with Gasteiger partial charge in [0.25, 0.3) is 5.91 Å². The number of ether oxygens (including phenoxy) is 1. The Labute approximate surface area is 121 Å². The molecular weight excluding hydrogens is 318 g/mol. The molecule has 1 aromatic rings. The quantitative estimate of drug-likeness (QED) is 0.744. The monoisotopic (exact) mass is 333 g/mol. The van der Waals surface area contributed by atoms with Gasteiger partial charge in [-0.25, -0.2) is 0 Å². The molecule has 18 heavy (non-hydrogen) atoms. The molecule has 0 saturated heterocycles. The van der Waals surface area contributed by atoms with Gasteiger partial charge in [0.15, 0.2) is 0 Å². The summed E-state index contributed by atoms with van der Waals surface area (Å²) in [6.45, 7) is 6.34. The van der Waals surface area contributed by atoms with E-state index in [-0.39, 0.29) is 5.91 Å². The van der Waals surface area contributed by atoms with Gasteiger partial charge in [0, 0.05) is 34.8 Å². The van der Waals surface area contributed by atoms with Gasteiger partial charge in [-0.2, -0.15) is 0 Å². The summed E-state index contributed by atoms with van der Waals surface area (Å²) in [5, 5.41) is 0.550. The fourth-order valence-corrected chi connectivity index (χ4v) is 2.44. The number of rotatable bonds is 6. The lowest BCUT2D eigenvalue weighted by molar-refractivity contribution is 0.0669. The molecule has 5 heteroatoms. The van der Waals surface area contributed by atoms with E-state index in [4.69, 9.17) is 16.3 Å². The zero-order valence-corrected chi connectivity index (χ0v) is 12.9. The molecule has 0 bridgehead atoms. The van der Waals surface area contributed by atoms with E-state index in [9.17, 15) is 4.79 Å². The first kappa shape index (κ1) is 15.5. The topological polar surface area (TPSA) is 29.5 Å². The van der Waals surface area contributed by atoms with Crippen LogP contribution in [0.15, 0.2) is 22.7 Å². The zero-order valence-electron chi connectivity index (χ0n) is 10.6. The number of halogens is 2. The summed E-state index contributed by atoms with van der Waals surface area (Å²) in [6, 6.07) is 5.21. The van der Waals surface area contributed by atoms with Gasteiger partial charge in [-0.05, 0) is 32.0 Å². The van der Waals surface area contributed by atoms with Crippen molar-refractivity contribution >= 4 is 33.4 Å². The number of likely N-dealkylation sites (N-methyl/N-ethyl adjacent to an activating group) is 1. The van der Waals surface area contributed by atoms with Crippen molar-refractivity contribution in [3.05, 3.63) is 33.3 Å². The highest BCUT2D eigenvalue weighted by molar-refractivity contribution is 9.10. The first-order chi connectivity index (χ1) is 8.58. The molecule has 1 rings (SSSR count). The highest BCUT2D eigenvalue weighted by Crippen LogP contribution is 2.20. The molecule has 1 amide bonds. The first-order valence-electron chi connectivity index (χ1n) is 5.91. The van der Waals surface area contributed by atoms with Crippen molar-refractivity contribution in [2.75, 3.05) is 26.3 Å². The lowest BCUT2D eigenvalue weighted by Crippen LogP contribution is -2.33. The Morgan fingerprint density at radius 2 is 2.11 bits per heavy atom. The molecule has 0 aliphatic rings. The van der Waals surface area contributed by atoms with Gasteiger partial charge in [0.2, 0.25) is 0 Å². The van der Waals surface area contributed by atoms with Crippen LogP contribution in [0.3, 0.4) is 0 Å². The summed E-state index contributed by atoms with van der Waals surface area (Å²) in [7, 11) is 0. The molecule has 3 nitrogen and oxygen atoms in total. The first-order valence-corrected chi connectivity index (χ1v) is 7.08. The Balaban J connectivity index is 2.76. The average molecular weight is 335 g/mol. The highest BCUT2D eigenvalue weighted by atomic mass is 79.9. The molecule has 0 aliphatic carbocycles. The van der Waals surface area contributed by atoms with Crippen molar-refractivity contribution in [3.63, 3.8) is 0 Å². The fraction of sp³-hybridized carbons (Fsp3) is 0.462. The molecule has 0 aromatic heterocycles. The van der Waals surface area contributed by atoms with Crippen LogP contribution in [0.5, 0.6) is 0 Å². The molecule has 0 aliphatic heterocycles. The Bertz CT molecular complexity index is 392. The molecule has 0 atom stereocenters. The van der Waals surface area contributed by atoms with Gasteiger partial charge in [-0.1, -0.05) is 27.5 Å². The summed E-state index contributed by atoms with van der Waals surface area (Å²) in [5.41, 5.74) is 0.590. The van der Waals surface area contributed by atoms with Gasteiger partial charge in [0.1, 0.15) is 0 Å². The largest absolute Gasteiger partial charge is 0.380 e. The van der Waals surface area contributed by atoms with E-state index in [0.29, 0.717) is 36.9 Å². The van der Waals surface area contributed by atoms with E-state index in [2.05, 4.69) is 15.9 Å². The van der Waals surface area contributed by atoms with Crippen LogP contribution >= 0.6 is 27.5 Å². The predicted molar refractivity (Wildman–Crippen MR) is 77.2 cm³/mol. The minimum Gasteiger partial charge on any atom is -0.380 e. The highest BCUT2D eigenvalue weighted by Gasteiger charge is 2.14. The second kappa shape index (κ2) is 7.77. The van der Waals surface area contributed by atoms with Crippen molar-refractivity contribution in [2.24, 2.45) is 0 Å². The minimum absolute atomic E-state index is 0.0274. The summed E-state index contributed by atoms with van der Waals surface area (Å²) in [5.74, 6) is -0.0274. The van der Waals surface area contributed by atoms with Gasteiger partial charge < -0.3 is 9.64 Å². The van der Waals surface area contributed by atoms with Crippen molar-refractivity contribution in [3.8, 4) is 0 Å². The van der Waals surface area contributed by atoms with E-state index in [1.807, 2.05) is 13.8 Å². The third kappa shape index (κ3) is 4.59. The normalized spacial score (nSPS) is 10.4. The molecule has 0 spiro atoms. The molecule has 0 unspecified atom stereocenters. The summed E-state index contributed by atoms with van der Waals surface area (Å²) >= 11 is 9.28. The standard InChI is InChI=1S/C13H17BrClNO2/c1-3-16(5-6-18-4-2)13(17)10-7-11(14)9-12(15)8-10/h7-9H,3-6H2,1-2H3. The van der Waals surface area contributed by atoms with Crippen LogP contribution in [-0.2, 0) is 4.74 Å². The van der Waals surface area contributed by atoms with Crippen LogP contribution in [0, 0.1) is 0 Å². The van der Waals surface area contributed by atoms with E-state index in [0.717, 1.165) is 4.47 Å². The van der Waals surface area contributed by atoms with E-state index in [1.165, 1.54) is 0 Å². The summed E-state index contributed by atoms with van der Waals surface area (Å²) in [6.07, 6.45) is 0. The number of carbonyl (C=O) groups excluding carboxylic acids is 1. The number of hydrogen-bond acceptors (Lipinski definition) is 2. The lowest BCUT2D eigenvalue weighted by atomic mass is 10.2. The predicted octanol–water partition coefficient (Wildman–Crippen LogP) is 3.60. The van der Waals surface area contributed by atoms with Gasteiger partial charge in [0.05, 0.1) is 6.61 Å². The number of nitrogens with zero attached hydrogens (tertiary/aromatic N) is 1. The maximum atomic E-state index is 12.3. The van der Waals surface area contributed by atoms with E-state index < -0.39 is 0 Å². The van der Waals surface area contributed by atoms with Gasteiger partial charge in [-0.3, -0.25) is 4.79 Å². The van der Waals surface area contributed by atoms with E-state index >= 15 is 0 Å². The summed E-state index contributed by atoms with van der Waals surface area (Å²) in [4.78, 5) is 14.0. The number of carbonyl (C=O) groups is 1. The molecule has 100 valence electrons. The molecule has 0 fully saturated rings. The van der Waals surface area contributed by atoms with Crippen LogP contribution < -0.4 is 0 Å². The second-order valence-electron chi connectivity index (χ2n) is 3.74. The van der Waals surface area contributed by atoms with Crippen molar-refractivity contribution in [2.45, 2.75) is 13.8 Å². The third-order valence-electron chi connectivity index (χ3n) is 2.49. The van der Waals surface area contributed by atoms with Crippen LogP contribution in [0.4, 0.5) is 0 Å². The maximum Gasteiger partial charge on any atom is 0.254 e. The van der Waals surface area contributed by atoms with Gasteiger partial charge in [-0.15, -0.1) is 0 Å². The van der Waals surface area contributed by atoms with Crippen molar-refractivity contribution in [1.82, 2.24) is 4.90 Å². The maximum absolute atomic E-state index is 12.3. The Morgan fingerprint density at radius 3 is 2.67 bits per heavy atom. The number of hydrogen-bond donors (Lipinski definition) is 0. The Hall–Kier alpha value is -0.580. The van der Waals surface area contributed by atoms with Crippen LogP contribution in [0.1, 0.15) is 24.2 Å². The van der Waals surface area contributed by atoms with Crippen LogP contribution in [0.25, 0.3) is 0 Å². The van der Waals surface area contributed by atoms with Crippen molar-refractivity contribution < 1.29 is 9.53 Å². The number of benzene rings is 1.